The van der Waals surface area contributed by atoms with Crippen LogP contribution >= 0.6 is 11.6 Å². The van der Waals surface area contributed by atoms with Crippen molar-refractivity contribution in [1.82, 2.24) is 5.32 Å². The van der Waals surface area contributed by atoms with Crippen LogP contribution in [0.1, 0.15) is 12.0 Å². The Morgan fingerprint density at radius 1 is 1.21 bits per heavy atom. The number of hydrogen-bond donors (Lipinski definition) is 2. The smallest absolute Gasteiger partial charge is 0.319 e. The Balaban J connectivity index is 1.59. The molecule has 124 valence electrons. The maximum absolute atomic E-state index is 12.2. The Morgan fingerprint density at radius 3 is 2.67 bits per heavy atom. The minimum atomic E-state index is -0.309. The molecule has 0 spiro atoms. The van der Waals surface area contributed by atoms with E-state index in [1.165, 1.54) is 0 Å². The quantitative estimate of drug-likeness (QED) is 0.894. The number of anilines is 2. The van der Waals surface area contributed by atoms with Gasteiger partial charge in [-0.25, -0.2) is 4.79 Å². The number of carbonyl (C=O) groups excluding carboxylic acids is 2. The zero-order valence-corrected chi connectivity index (χ0v) is 14.0. The number of halogens is 1. The van der Waals surface area contributed by atoms with Crippen LogP contribution in [0.3, 0.4) is 0 Å². The minimum Gasteiger partial charge on any atom is -0.333 e. The highest BCUT2D eigenvalue weighted by Gasteiger charge is 2.31. The van der Waals surface area contributed by atoms with Gasteiger partial charge in [0.05, 0.1) is 6.04 Å². The molecule has 1 aliphatic heterocycles. The molecule has 0 unspecified atom stereocenters. The molecule has 0 aromatic heterocycles. The third-order valence-electron chi connectivity index (χ3n) is 3.87. The number of rotatable bonds is 3. The highest BCUT2D eigenvalue weighted by Crippen LogP contribution is 2.23. The average Bonchev–Trinajstić information content (AvgIpc) is 2.88. The number of nitrogens with one attached hydrogen (secondary N) is 2. The molecule has 2 aromatic carbocycles. The van der Waals surface area contributed by atoms with Crippen molar-refractivity contribution < 1.29 is 9.59 Å². The van der Waals surface area contributed by atoms with Gasteiger partial charge in [0.25, 0.3) is 0 Å². The van der Waals surface area contributed by atoms with E-state index in [-0.39, 0.29) is 24.4 Å². The van der Waals surface area contributed by atoms with Gasteiger partial charge in [-0.05, 0) is 48.9 Å². The summed E-state index contributed by atoms with van der Waals surface area (Å²) in [5, 5.41) is 6.26. The van der Waals surface area contributed by atoms with Gasteiger partial charge in [-0.2, -0.15) is 0 Å². The Morgan fingerprint density at radius 2 is 1.96 bits per heavy atom. The van der Waals surface area contributed by atoms with Crippen LogP contribution in [-0.2, 0) is 4.79 Å². The lowest BCUT2D eigenvalue weighted by atomic mass is 10.2. The molecule has 1 heterocycles. The van der Waals surface area contributed by atoms with E-state index in [1.54, 1.807) is 29.2 Å². The number of amides is 3. The van der Waals surface area contributed by atoms with Crippen LogP contribution in [0.25, 0.3) is 0 Å². The van der Waals surface area contributed by atoms with Crippen molar-refractivity contribution in [2.45, 2.75) is 19.4 Å². The molecule has 1 atom stereocenters. The second-order valence-corrected chi connectivity index (χ2v) is 6.29. The molecule has 24 heavy (non-hydrogen) atoms. The summed E-state index contributed by atoms with van der Waals surface area (Å²) in [4.78, 5) is 25.9. The normalized spacial score (nSPS) is 17.0. The zero-order valence-electron chi connectivity index (χ0n) is 13.3. The fourth-order valence-electron chi connectivity index (χ4n) is 2.75. The SMILES string of the molecule is Cc1cccc(NC(=O)N[C@H]2CC(=O)N(c3ccc(Cl)cc3)C2)c1. The minimum absolute atomic E-state index is 0.0156. The number of aryl methyl sites for hydroxylation is 1. The fourth-order valence-corrected chi connectivity index (χ4v) is 2.88. The standard InChI is InChI=1S/C18H18ClN3O2/c1-12-3-2-4-14(9-12)20-18(24)21-15-10-17(23)22(11-15)16-7-5-13(19)6-8-16/h2-9,15H,10-11H2,1H3,(H2,20,21,24)/t15-/m0/s1. The van der Waals surface area contributed by atoms with Crippen LogP contribution in [0.5, 0.6) is 0 Å². The average molecular weight is 344 g/mol. The molecule has 6 heteroatoms. The van der Waals surface area contributed by atoms with Gasteiger partial charge in [0.2, 0.25) is 5.91 Å². The molecule has 1 fully saturated rings. The van der Waals surface area contributed by atoms with Crippen LogP contribution in [0, 0.1) is 6.92 Å². The van der Waals surface area contributed by atoms with Crippen molar-refractivity contribution in [2.75, 3.05) is 16.8 Å². The lowest BCUT2D eigenvalue weighted by Crippen LogP contribution is -2.39. The summed E-state index contributed by atoms with van der Waals surface area (Å²) >= 11 is 5.87. The lowest BCUT2D eigenvalue weighted by molar-refractivity contribution is -0.117. The summed E-state index contributed by atoms with van der Waals surface area (Å²) in [5.74, 6) is -0.0156. The van der Waals surface area contributed by atoms with E-state index in [2.05, 4.69) is 10.6 Å². The summed E-state index contributed by atoms with van der Waals surface area (Å²) in [5.41, 5.74) is 2.58. The van der Waals surface area contributed by atoms with Gasteiger partial charge in [0.15, 0.2) is 0 Å². The van der Waals surface area contributed by atoms with Crippen molar-refractivity contribution in [3.63, 3.8) is 0 Å². The lowest BCUT2D eigenvalue weighted by Gasteiger charge is -2.17. The summed E-state index contributed by atoms with van der Waals surface area (Å²) in [6, 6.07) is 14.1. The van der Waals surface area contributed by atoms with Crippen LogP contribution in [0.2, 0.25) is 5.02 Å². The van der Waals surface area contributed by atoms with Crippen LogP contribution in [0.15, 0.2) is 48.5 Å². The van der Waals surface area contributed by atoms with Gasteiger partial charge >= 0.3 is 6.03 Å². The van der Waals surface area contributed by atoms with Crippen LogP contribution in [0.4, 0.5) is 16.2 Å². The second-order valence-electron chi connectivity index (χ2n) is 5.85. The van der Waals surface area contributed by atoms with E-state index in [9.17, 15) is 9.59 Å². The van der Waals surface area contributed by atoms with Gasteiger partial charge in [-0.15, -0.1) is 0 Å². The molecule has 2 N–H and O–H groups in total. The summed E-state index contributed by atoms with van der Waals surface area (Å²) in [6.07, 6.45) is 0.282. The molecule has 0 saturated carbocycles. The number of carbonyl (C=O) groups is 2. The molecule has 0 radical (unpaired) electrons. The van der Waals surface area contributed by atoms with Gasteiger partial charge in [0.1, 0.15) is 0 Å². The van der Waals surface area contributed by atoms with E-state index in [0.29, 0.717) is 11.6 Å². The Bertz CT molecular complexity index is 761. The Labute approximate surface area is 145 Å². The largest absolute Gasteiger partial charge is 0.333 e. The van der Waals surface area contributed by atoms with Crippen molar-refractivity contribution in [1.29, 1.82) is 0 Å². The molecular formula is C18H18ClN3O2. The number of benzene rings is 2. The maximum Gasteiger partial charge on any atom is 0.319 e. The van der Waals surface area contributed by atoms with Crippen molar-refractivity contribution in [2.24, 2.45) is 0 Å². The molecule has 2 aromatic rings. The number of hydrogen-bond acceptors (Lipinski definition) is 2. The first-order valence-corrected chi connectivity index (χ1v) is 8.09. The molecule has 3 rings (SSSR count). The maximum atomic E-state index is 12.2. The molecule has 1 saturated heterocycles. The predicted octanol–water partition coefficient (Wildman–Crippen LogP) is 3.58. The summed E-state index contributed by atoms with van der Waals surface area (Å²) < 4.78 is 0. The highest BCUT2D eigenvalue weighted by molar-refractivity contribution is 6.30. The first kappa shape index (κ1) is 16.3. The van der Waals surface area contributed by atoms with Crippen molar-refractivity contribution >= 4 is 34.9 Å². The van der Waals surface area contributed by atoms with Gasteiger partial charge in [-0.3, -0.25) is 4.79 Å². The van der Waals surface area contributed by atoms with E-state index >= 15 is 0 Å². The van der Waals surface area contributed by atoms with Crippen molar-refractivity contribution in [3.05, 3.63) is 59.1 Å². The van der Waals surface area contributed by atoms with Crippen LogP contribution in [-0.4, -0.2) is 24.5 Å². The molecule has 3 amide bonds. The monoisotopic (exact) mass is 343 g/mol. The van der Waals surface area contributed by atoms with Gasteiger partial charge in [-0.1, -0.05) is 23.7 Å². The van der Waals surface area contributed by atoms with E-state index in [4.69, 9.17) is 11.6 Å². The zero-order chi connectivity index (χ0) is 17.1. The van der Waals surface area contributed by atoms with Crippen LogP contribution < -0.4 is 15.5 Å². The highest BCUT2D eigenvalue weighted by atomic mass is 35.5. The predicted molar refractivity (Wildman–Crippen MR) is 95.5 cm³/mol. The molecule has 5 nitrogen and oxygen atoms in total. The first-order valence-electron chi connectivity index (χ1n) is 7.71. The number of urea groups is 1. The van der Waals surface area contributed by atoms with E-state index in [0.717, 1.165) is 16.9 Å². The third-order valence-corrected chi connectivity index (χ3v) is 4.13. The molecule has 0 bridgehead atoms. The van der Waals surface area contributed by atoms with E-state index < -0.39 is 0 Å². The van der Waals surface area contributed by atoms with E-state index in [1.807, 2.05) is 31.2 Å². The molecule has 1 aliphatic rings. The van der Waals surface area contributed by atoms with Crippen molar-refractivity contribution in [3.8, 4) is 0 Å². The summed E-state index contributed by atoms with van der Waals surface area (Å²) in [7, 11) is 0. The van der Waals surface area contributed by atoms with Gasteiger partial charge in [0, 0.05) is 29.4 Å². The second kappa shape index (κ2) is 6.93. The number of nitrogens with zero attached hydrogens (tertiary/aromatic N) is 1. The Kier molecular flexibility index (Phi) is 4.71. The molecular weight excluding hydrogens is 326 g/mol. The fraction of sp³-hybridized carbons (Fsp3) is 0.222. The first-order chi connectivity index (χ1) is 11.5. The topological polar surface area (TPSA) is 61.4 Å². The Hall–Kier alpha value is -2.53. The van der Waals surface area contributed by atoms with Gasteiger partial charge < -0.3 is 15.5 Å². The molecule has 0 aliphatic carbocycles. The third kappa shape index (κ3) is 3.86. The summed E-state index contributed by atoms with van der Waals surface area (Å²) in [6.45, 7) is 2.41.